The Morgan fingerprint density at radius 3 is 2.25 bits per heavy atom. The van der Waals surface area contributed by atoms with Crippen LogP contribution in [0.3, 0.4) is 0 Å². The van der Waals surface area contributed by atoms with Gasteiger partial charge in [0.05, 0.1) is 22.0 Å². The highest BCUT2D eigenvalue weighted by Gasteiger charge is 2.34. The molecule has 2 aromatic carbocycles. The Kier molecular flexibility index (Phi) is 6.18. The smallest absolute Gasteiger partial charge is 0.352 e. The van der Waals surface area contributed by atoms with E-state index in [4.69, 9.17) is 11.6 Å². The van der Waals surface area contributed by atoms with Gasteiger partial charge in [-0.05, 0) is 30.3 Å². The summed E-state index contributed by atoms with van der Waals surface area (Å²) in [6, 6.07) is 15.4. The number of halogens is 4. The van der Waals surface area contributed by atoms with Crippen LogP contribution in [0.25, 0.3) is 11.3 Å². The molecule has 166 valence electrons. The van der Waals surface area contributed by atoms with Crippen LogP contribution in [0.15, 0.2) is 60.7 Å². The SMILES string of the molecule is O=C(Nc1ccccc1C(F)(F)F)N1CCN(c2ccc(-c3ccccc3Cl)nn2)CC1. The molecule has 1 N–H and O–H groups in total. The minimum atomic E-state index is -4.54. The van der Waals surface area contributed by atoms with Gasteiger partial charge >= 0.3 is 12.2 Å². The fourth-order valence-electron chi connectivity index (χ4n) is 3.48. The maximum atomic E-state index is 13.1. The second-order valence-electron chi connectivity index (χ2n) is 7.20. The molecular weight excluding hydrogens is 443 g/mol. The highest BCUT2D eigenvalue weighted by molar-refractivity contribution is 6.33. The Morgan fingerprint density at radius 2 is 1.59 bits per heavy atom. The van der Waals surface area contributed by atoms with Gasteiger partial charge in [-0.15, -0.1) is 10.2 Å². The van der Waals surface area contributed by atoms with E-state index in [9.17, 15) is 18.0 Å². The number of para-hydroxylation sites is 1. The molecule has 1 saturated heterocycles. The van der Waals surface area contributed by atoms with Crippen LogP contribution in [-0.4, -0.2) is 47.3 Å². The Labute approximate surface area is 187 Å². The summed E-state index contributed by atoms with van der Waals surface area (Å²) < 4.78 is 39.4. The first-order valence-corrected chi connectivity index (χ1v) is 10.3. The highest BCUT2D eigenvalue weighted by atomic mass is 35.5. The molecule has 2 heterocycles. The average molecular weight is 462 g/mol. The monoisotopic (exact) mass is 461 g/mol. The number of alkyl halides is 3. The number of amides is 2. The third-order valence-electron chi connectivity index (χ3n) is 5.17. The molecular formula is C22H19ClF3N5O. The van der Waals surface area contributed by atoms with E-state index in [2.05, 4.69) is 15.5 Å². The molecule has 10 heteroatoms. The Balaban J connectivity index is 1.37. The molecule has 0 unspecified atom stereocenters. The first-order chi connectivity index (χ1) is 15.3. The van der Waals surface area contributed by atoms with E-state index in [1.807, 2.05) is 35.2 Å². The van der Waals surface area contributed by atoms with E-state index in [0.717, 1.165) is 11.6 Å². The Bertz CT molecular complexity index is 1100. The predicted molar refractivity (Wildman–Crippen MR) is 117 cm³/mol. The van der Waals surface area contributed by atoms with E-state index in [1.54, 1.807) is 6.07 Å². The molecule has 1 aliphatic heterocycles. The number of aromatic nitrogens is 2. The van der Waals surface area contributed by atoms with Crippen molar-refractivity contribution in [3.8, 4) is 11.3 Å². The molecule has 4 rings (SSSR count). The molecule has 2 amide bonds. The zero-order chi connectivity index (χ0) is 22.7. The van der Waals surface area contributed by atoms with Gasteiger partial charge in [-0.3, -0.25) is 0 Å². The summed E-state index contributed by atoms with van der Waals surface area (Å²) >= 11 is 6.20. The summed E-state index contributed by atoms with van der Waals surface area (Å²) in [6.45, 7) is 1.64. The first-order valence-electron chi connectivity index (χ1n) is 9.88. The summed E-state index contributed by atoms with van der Waals surface area (Å²) in [5, 5.41) is 11.5. The van der Waals surface area contributed by atoms with Gasteiger partial charge in [0, 0.05) is 31.7 Å². The lowest BCUT2D eigenvalue weighted by Crippen LogP contribution is -2.50. The van der Waals surface area contributed by atoms with Crippen LogP contribution in [0.2, 0.25) is 5.02 Å². The lowest BCUT2D eigenvalue weighted by Gasteiger charge is -2.35. The fraction of sp³-hybridized carbons (Fsp3) is 0.227. The van der Waals surface area contributed by atoms with Gasteiger partial charge in [-0.25, -0.2) is 4.79 Å². The average Bonchev–Trinajstić information content (AvgIpc) is 2.79. The summed E-state index contributed by atoms with van der Waals surface area (Å²) in [4.78, 5) is 16.0. The summed E-state index contributed by atoms with van der Waals surface area (Å²) in [7, 11) is 0. The van der Waals surface area contributed by atoms with Crippen molar-refractivity contribution in [3.63, 3.8) is 0 Å². The van der Waals surface area contributed by atoms with Crippen molar-refractivity contribution in [1.29, 1.82) is 0 Å². The van der Waals surface area contributed by atoms with Gasteiger partial charge in [-0.1, -0.05) is 41.9 Å². The fourth-order valence-corrected chi connectivity index (χ4v) is 3.71. The van der Waals surface area contributed by atoms with Crippen molar-refractivity contribution in [3.05, 3.63) is 71.2 Å². The molecule has 6 nitrogen and oxygen atoms in total. The van der Waals surface area contributed by atoms with Crippen molar-refractivity contribution in [1.82, 2.24) is 15.1 Å². The maximum absolute atomic E-state index is 13.1. The number of nitrogens with zero attached hydrogens (tertiary/aromatic N) is 4. The minimum absolute atomic E-state index is 0.256. The number of piperazine rings is 1. The number of nitrogens with one attached hydrogen (secondary N) is 1. The molecule has 0 bridgehead atoms. The number of anilines is 2. The number of hydrogen-bond donors (Lipinski definition) is 1. The maximum Gasteiger partial charge on any atom is 0.418 e. The summed E-state index contributed by atoms with van der Waals surface area (Å²) in [5.74, 6) is 0.656. The molecule has 3 aromatic rings. The first kappa shape index (κ1) is 21.9. The van der Waals surface area contributed by atoms with Crippen LogP contribution in [-0.2, 0) is 6.18 Å². The van der Waals surface area contributed by atoms with E-state index < -0.39 is 17.8 Å². The molecule has 1 aromatic heterocycles. The molecule has 0 saturated carbocycles. The third-order valence-corrected chi connectivity index (χ3v) is 5.49. The van der Waals surface area contributed by atoms with Crippen LogP contribution in [0.5, 0.6) is 0 Å². The Morgan fingerprint density at radius 1 is 0.906 bits per heavy atom. The van der Waals surface area contributed by atoms with Crippen LogP contribution in [0.4, 0.5) is 29.5 Å². The van der Waals surface area contributed by atoms with E-state index in [1.165, 1.54) is 23.1 Å². The van der Waals surface area contributed by atoms with Crippen LogP contribution < -0.4 is 10.2 Å². The van der Waals surface area contributed by atoms with Gasteiger partial charge in [0.25, 0.3) is 0 Å². The number of carbonyl (C=O) groups excluding carboxylic acids is 1. The van der Waals surface area contributed by atoms with Crippen molar-refractivity contribution in [2.75, 3.05) is 36.4 Å². The summed E-state index contributed by atoms with van der Waals surface area (Å²) in [5.41, 5.74) is 0.309. The summed E-state index contributed by atoms with van der Waals surface area (Å²) in [6.07, 6.45) is -4.54. The normalized spacial score (nSPS) is 14.4. The van der Waals surface area contributed by atoms with E-state index >= 15 is 0 Å². The van der Waals surface area contributed by atoms with Crippen molar-refractivity contribution in [2.24, 2.45) is 0 Å². The van der Waals surface area contributed by atoms with Crippen molar-refractivity contribution >= 4 is 29.1 Å². The lowest BCUT2D eigenvalue weighted by molar-refractivity contribution is -0.136. The molecule has 0 radical (unpaired) electrons. The third kappa shape index (κ3) is 4.77. The molecule has 0 spiro atoms. The van der Waals surface area contributed by atoms with E-state index in [0.29, 0.717) is 42.7 Å². The largest absolute Gasteiger partial charge is 0.418 e. The zero-order valence-corrected chi connectivity index (χ0v) is 17.6. The Hall–Kier alpha value is -3.33. The molecule has 1 aliphatic rings. The molecule has 0 atom stereocenters. The number of hydrogen-bond acceptors (Lipinski definition) is 4. The number of carbonyl (C=O) groups is 1. The number of benzene rings is 2. The number of rotatable bonds is 3. The molecule has 0 aliphatic carbocycles. The standard InChI is InChI=1S/C22H19ClF3N5O/c23-17-7-3-1-5-15(17)18-9-10-20(29-28-18)30-11-13-31(14-12-30)21(32)27-19-8-4-2-6-16(19)22(24,25)26/h1-10H,11-14H2,(H,27,32). The van der Waals surface area contributed by atoms with Gasteiger partial charge in [0.2, 0.25) is 0 Å². The van der Waals surface area contributed by atoms with Crippen LogP contribution in [0.1, 0.15) is 5.56 Å². The molecule has 1 fully saturated rings. The second-order valence-corrected chi connectivity index (χ2v) is 7.61. The van der Waals surface area contributed by atoms with Crippen LogP contribution >= 0.6 is 11.6 Å². The van der Waals surface area contributed by atoms with Crippen LogP contribution in [0, 0.1) is 0 Å². The minimum Gasteiger partial charge on any atom is -0.352 e. The predicted octanol–water partition coefficient (Wildman–Crippen LogP) is 5.17. The lowest BCUT2D eigenvalue weighted by atomic mass is 10.1. The van der Waals surface area contributed by atoms with Crippen molar-refractivity contribution in [2.45, 2.75) is 6.18 Å². The van der Waals surface area contributed by atoms with Gasteiger partial charge in [0.15, 0.2) is 5.82 Å². The van der Waals surface area contributed by atoms with Gasteiger partial charge in [-0.2, -0.15) is 13.2 Å². The van der Waals surface area contributed by atoms with E-state index in [-0.39, 0.29) is 5.69 Å². The van der Waals surface area contributed by atoms with Crippen molar-refractivity contribution < 1.29 is 18.0 Å². The highest BCUT2D eigenvalue weighted by Crippen LogP contribution is 2.34. The topological polar surface area (TPSA) is 61.4 Å². The van der Waals surface area contributed by atoms with Gasteiger partial charge < -0.3 is 15.1 Å². The number of urea groups is 1. The second kappa shape index (κ2) is 9.04. The quantitative estimate of drug-likeness (QED) is 0.584. The van der Waals surface area contributed by atoms with Gasteiger partial charge in [0.1, 0.15) is 0 Å². The zero-order valence-electron chi connectivity index (χ0n) is 16.8. The molecule has 32 heavy (non-hydrogen) atoms.